The van der Waals surface area contributed by atoms with E-state index < -0.39 is 5.91 Å². The van der Waals surface area contributed by atoms with E-state index in [1.165, 1.54) is 30.5 Å². The average Bonchev–Trinajstić information content (AvgIpc) is 2.79. The summed E-state index contributed by atoms with van der Waals surface area (Å²) >= 11 is 0. The number of benzene rings is 4. The Kier molecular flexibility index (Phi) is 5.89. The smallest absolute Gasteiger partial charge is 0.275 e. The Balaban J connectivity index is 1.59. The molecule has 0 aliphatic heterocycles. The van der Waals surface area contributed by atoms with Crippen LogP contribution in [0.25, 0.3) is 10.8 Å². The van der Waals surface area contributed by atoms with Gasteiger partial charge in [0.2, 0.25) is 0 Å². The van der Waals surface area contributed by atoms with Crippen molar-refractivity contribution in [1.29, 1.82) is 0 Å². The minimum atomic E-state index is -0.525. The zero-order valence-corrected chi connectivity index (χ0v) is 16.5. The topological polar surface area (TPSA) is 70.9 Å². The molecule has 0 spiro atoms. The SMILES string of the molecule is O=C(NN=Cc1c(OCc2ccc(F)cc2)ccc2ccccc12)c1ccccc1O. The highest BCUT2D eigenvalue weighted by molar-refractivity contribution is 6.03. The van der Waals surface area contributed by atoms with E-state index in [2.05, 4.69) is 10.5 Å². The first-order chi connectivity index (χ1) is 15.1. The Morgan fingerprint density at radius 3 is 2.52 bits per heavy atom. The highest BCUT2D eigenvalue weighted by Crippen LogP contribution is 2.27. The van der Waals surface area contributed by atoms with Gasteiger partial charge in [-0.05, 0) is 46.7 Å². The lowest BCUT2D eigenvalue weighted by Gasteiger charge is -2.12. The number of carbonyl (C=O) groups excluding carboxylic acids is 1. The molecule has 154 valence electrons. The van der Waals surface area contributed by atoms with Crippen molar-refractivity contribution in [3.63, 3.8) is 0 Å². The Bertz CT molecular complexity index is 1250. The van der Waals surface area contributed by atoms with Gasteiger partial charge >= 0.3 is 0 Å². The number of rotatable bonds is 6. The van der Waals surface area contributed by atoms with E-state index in [-0.39, 0.29) is 23.7 Å². The molecule has 2 N–H and O–H groups in total. The van der Waals surface area contributed by atoms with Gasteiger partial charge in [-0.3, -0.25) is 4.79 Å². The Hall–Kier alpha value is -4.19. The van der Waals surface area contributed by atoms with Gasteiger partial charge in [0.25, 0.3) is 5.91 Å². The number of hydrazone groups is 1. The lowest BCUT2D eigenvalue weighted by Crippen LogP contribution is -2.17. The molecule has 0 bridgehead atoms. The summed E-state index contributed by atoms with van der Waals surface area (Å²) in [6.07, 6.45) is 1.51. The number of carbonyl (C=O) groups is 1. The van der Waals surface area contributed by atoms with Gasteiger partial charge in [-0.15, -0.1) is 0 Å². The van der Waals surface area contributed by atoms with Crippen molar-refractivity contribution in [3.05, 3.63) is 107 Å². The number of amides is 1. The number of ether oxygens (including phenoxy) is 1. The van der Waals surface area contributed by atoms with Crippen LogP contribution in [0.5, 0.6) is 11.5 Å². The molecule has 4 rings (SSSR count). The third kappa shape index (κ3) is 4.70. The van der Waals surface area contributed by atoms with E-state index in [0.29, 0.717) is 11.3 Å². The number of phenolic OH excluding ortho intramolecular Hbond substituents is 1. The quantitative estimate of drug-likeness (QED) is 0.343. The van der Waals surface area contributed by atoms with Crippen LogP contribution in [0.2, 0.25) is 0 Å². The van der Waals surface area contributed by atoms with E-state index in [1.54, 1.807) is 24.3 Å². The molecule has 0 atom stereocenters. The summed E-state index contributed by atoms with van der Waals surface area (Å²) in [7, 11) is 0. The summed E-state index contributed by atoms with van der Waals surface area (Å²) < 4.78 is 19.1. The monoisotopic (exact) mass is 414 g/mol. The second-order valence-corrected chi connectivity index (χ2v) is 6.83. The van der Waals surface area contributed by atoms with Crippen molar-refractivity contribution in [2.24, 2.45) is 5.10 Å². The lowest BCUT2D eigenvalue weighted by molar-refractivity contribution is 0.0952. The van der Waals surface area contributed by atoms with Gasteiger partial charge in [-0.25, -0.2) is 9.82 Å². The van der Waals surface area contributed by atoms with Crippen molar-refractivity contribution in [2.45, 2.75) is 6.61 Å². The molecule has 0 saturated carbocycles. The number of fused-ring (bicyclic) bond motifs is 1. The van der Waals surface area contributed by atoms with Gasteiger partial charge < -0.3 is 9.84 Å². The first-order valence-corrected chi connectivity index (χ1v) is 9.62. The van der Waals surface area contributed by atoms with E-state index >= 15 is 0 Å². The maximum Gasteiger partial charge on any atom is 0.275 e. The van der Waals surface area contributed by atoms with Crippen molar-refractivity contribution >= 4 is 22.9 Å². The summed E-state index contributed by atoms with van der Waals surface area (Å²) in [4.78, 5) is 12.3. The highest BCUT2D eigenvalue weighted by Gasteiger charge is 2.10. The summed E-state index contributed by atoms with van der Waals surface area (Å²) in [5.41, 5.74) is 4.08. The van der Waals surface area contributed by atoms with Crippen LogP contribution < -0.4 is 10.2 Å². The average molecular weight is 414 g/mol. The predicted molar refractivity (Wildman–Crippen MR) is 118 cm³/mol. The fourth-order valence-corrected chi connectivity index (χ4v) is 3.16. The number of hydrogen-bond donors (Lipinski definition) is 2. The molecule has 6 heteroatoms. The second-order valence-electron chi connectivity index (χ2n) is 6.83. The molecule has 31 heavy (non-hydrogen) atoms. The fourth-order valence-electron chi connectivity index (χ4n) is 3.16. The van der Waals surface area contributed by atoms with Crippen molar-refractivity contribution < 1.29 is 19.0 Å². The normalized spacial score (nSPS) is 11.0. The molecule has 0 aliphatic rings. The summed E-state index contributed by atoms with van der Waals surface area (Å²) in [6.45, 7) is 0.254. The maximum absolute atomic E-state index is 13.1. The number of para-hydroxylation sites is 1. The third-order valence-corrected chi connectivity index (χ3v) is 4.75. The predicted octanol–water partition coefficient (Wildman–Crippen LogP) is 5.03. The molecule has 4 aromatic carbocycles. The Morgan fingerprint density at radius 1 is 0.968 bits per heavy atom. The van der Waals surface area contributed by atoms with Gasteiger partial charge in [0.05, 0.1) is 11.8 Å². The highest BCUT2D eigenvalue weighted by atomic mass is 19.1. The van der Waals surface area contributed by atoms with Crippen LogP contribution in [0.4, 0.5) is 4.39 Å². The number of aromatic hydroxyl groups is 1. The molecule has 0 unspecified atom stereocenters. The van der Waals surface area contributed by atoms with Crippen LogP contribution >= 0.6 is 0 Å². The van der Waals surface area contributed by atoms with Gasteiger partial charge in [-0.2, -0.15) is 5.10 Å². The second kappa shape index (κ2) is 9.09. The first kappa shape index (κ1) is 20.1. The minimum Gasteiger partial charge on any atom is -0.507 e. The molecule has 0 aromatic heterocycles. The zero-order valence-electron chi connectivity index (χ0n) is 16.5. The van der Waals surface area contributed by atoms with E-state index in [9.17, 15) is 14.3 Å². The van der Waals surface area contributed by atoms with E-state index in [1.807, 2.05) is 36.4 Å². The van der Waals surface area contributed by atoms with Crippen LogP contribution in [0.15, 0.2) is 90.0 Å². The molecule has 0 radical (unpaired) electrons. The van der Waals surface area contributed by atoms with Crippen LogP contribution in [-0.2, 0) is 6.61 Å². The Labute approximate surface area is 178 Å². The lowest BCUT2D eigenvalue weighted by atomic mass is 10.0. The van der Waals surface area contributed by atoms with Crippen molar-refractivity contribution in [3.8, 4) is 11.5 Å². The van der Waals surface area contributed by atoms with Crippen LogP contribution in [0, 0.1) is 5.82 Å². The fraction of sp³-hybridized carbons (Fsp3) is 0.0400. The minimum absolute atomic E-state index is 0.122. The Morgan fingerprint density at radius 2 is 1.71 bits per heavy atom. The maximum atomic E-state index is 13.1. The van der Waals surface area contributed by atoms with E-state index in [4.69, 9.17) is 4.74 Å². The van der Waals surface area contributed by atoms with Gasteiger partial charge in [0, 0.05) is 5.56 Å². The molecule has 0 aliphatic carbocycles. The first-order valence-electron chi connectivity index (χ1n) is 9.62. The van der Waals surface area contributed by atoms with Crippen LogP contribution in [0.3, 0.4) is 0 Å². The van der Waals surface area contributed by atoms with E-state index in [0.717, 1.165) is 16.3 Å². The van der Waals surface area contributed by atoms with Crippen molar-refractivity contribution in [2.75, 3.05) is 0 Å². The number of halogens is 1. The summed E-state index contributed by atoms with van der Waals surface area (Å²) in [5.74, 6) is -0.377. The van der Waals surface area contributed by atoms with Crippen molar-refractivity contribution in [1.82, 2.24) is 5.43 Å². The zero-order chi connectivity index (χ0) is 21.6. The number of nitrogens with zero attached hydrogens (tertiary/aromatic N) is 1. The summed E-state index contributed by atoms with van der Waals surface area (Å²) in [6, 6.07) is 23.8. The molecule has 0 heterocycles. The summed E-state index contributed by atoms with van der Waals surface area (Å²) in [5, 5.41) is 15.8. The third-order valence-electron chi connectivity index (χ3n) is 4.75. The largest absolute Gasteiger partial charge is 0.507 e. The van der Waals surface area contributed by atoms with Crippen LogP contribution in [-0.4, -0.2) is 17.2 Å². The molecule has 1 amide bonds. The van der Waals surface area contributed by atoms with Gasteiger partial charge in [0.1, 0.15) is 23.9 Å². The van der Waals surface area contributed by atoms with Gasteiger partial charge in [0.15, 0.2) is 0 Å². The number of nitrogens with one attached hydrogen (secondary N) is 1. The number of hydrogen-bond acceptors (Lipinski definition) is 4. The standard InChI is InChI=1S/C25H19FN2O3/c26-19-12-9-17(10-13-19)16-31-24-14-11-18-5-1-2-6-20(18)22(24)15-27-28-25(30)21-7-3-4-8-23(21)29/h1-15,29H,16H2,(H,28,30). The molecule has 4 aromatic rings. The molecule has 5 nitrogen and oxygen atoms in total. The molecule has 0 saturated heterocycles. The number of phenols is 1. The molecule has 0 fully saturated rings. The van der Waals surface area contributed by atoms with Crippen LogP contribution in [0.1, 0.15) is 21.5 Å². The molecular formula is C25H19FN2O3. The molecular weight excluding hydrogens is 395 g/mol. The van der Waals surface area contributed by atoms with Gasteiger partial charge in [-0.1, -0.05) is 54.6 Å².